The number of carbonyl (C=O) groups excluding carboxylic acids is 4. The molecule has 2 heterocycles. The van der Waals surface area contributed by atoms with Crippen molar-refractivity contribution in [3.05, 3.63) is 24.3 Å². The highest BCUT2D eigenvalue weighted by molar-refractivity contribution is 6.14. The molecule has 7 nitrogen and oxygen atoms in total. The van der Waals surface area contributed by atoms with Crippen LogP contribution < -0.4 is 5.73 Å². The van der Waals surface area contributed by atoms with Crippen molar-refractivity contribution in [2.75, 3.05) is 6.54 Å². The van der Waals surface area contributed by atoms with Crippen molar-refractivity contribution < 1.29 is 19.2 Å². The third-order valence-corrected chi connectivity index (χ3v) is 2.45. The molecule has 0 spiro atoms. The van der Waals surface area contributed by atoms with Gasteiger partial charge >= 0.3 is 0 Å². The van der Waals surface area contributed by atoms with Gasteiger partial charge in [0, 0.05) is 24.3 Å². The zero-order valence-electron chi connectivity index (χ0n) is 8.70. The van der Waals surface area contributed by atoms with Crippen molar-refractivity contribution in [1.29, 1.82) is 0 Å². The summed E-state index contributed by atoms with van der Waals surface area (Å²) in [5.41, 5.74) is 5.63. The molecule has 1 unspecified atom stereocenters. The lowest BCUT2D eigenvalue weighted by Crippen LogP contribution is -2.53. The van der Waals surface area contributed by atoms with Gasteiger partial charge < -0.3 is 5.73 Å². The largest absolute Gasteiger partial charge is 0.309 e. The summed E-state index contributed by atoms with van der Waals surface area (Å²) < 4.78 is 0. The number of imide groups is 2. The van der Waals surface area contributed by atoms with E-state index in [0.29, 0.717) is 0 Å². The van der Waals surface area contributed by atoms with Gasteiger partial charge in [-0.1, -0.05) is 0 Å². The summed E-state index contributed by atoms with van der Waals surface area (Å²) in [4.78, 5) is 46.8. The van der Waals surface area contributed by atoms with E-state index in [-0.39, 0.29) is 6.54 Å². The third kappa shape index (κ3) is 1.87. The molecule has 0 aromatic heterocycles. The van der Waals surface area contributed by atoms with E-state index in [9.17, 15) is 19.2 Å². The normalized spacial score (nSPS) is 21.0. The zero-order chi connectivity index (χ0) is 12.6. The maximum absolute atomic E-state index is 11.3. The Morgan fingerprint density at radius 3 is 1.76 bits per heavy atom. The number of carbonyl (C=O) groups is 4. The first-order valence-electron chi connectivity index (χ1n) is 4.85. The number of nitrogens with zero attached hydrogens (tertiary/aromatic N) is 2. The van der Waals surface area contributed by atoms with Gasteiger partial charge in [-0.3, -0.25) is 29.0 Å². The van der Waals surface area contributed by atoms with Crippen LogP contribution in [0.1, 0.15) is 0 Å². The van der Waals surface area contributed by atoms with Gasteiger partial charge in [0.15, 0.2) is 0 Å². The molecule has 0 aromatic carbocycles. The molecule has 0 fully saturated rings. The first-order chi connectivity index (χ1) is 8.00. The Bertz CT molecular complexity index is 444. The predicted octanol–water partition coefficient (Wildman–Crippen LogP) is -1.88. The van der Waals surface area contributed by atoms with Crippen LogP contribution in [0.3, 0.4) is 0 Å². The SMILES string of the molecule is NC(CN1C(=O)C=CC1=O)N1C(=O)C=CC1=O. The fourth-order valence-corrected chi connectivity index (χ4v) is 1.62. The van der Waals surface area contributed by atoms with Crippen LogP contribution >= 0.6 is 0 Å². The van der Waals surface area contributed by atoms with Crippen LogP contribution in [0.2, 0.25) is 0 Å². The second-order valence-corrected chi connectivity index (χ2v) is 3.57. The minimum Gasteiger partial charge on any atom is -0.309 e. The maximum atomic E-state index is 11.3. The van der Waals surface area contributed by atoms with E-state index in [1.165, 1.54) is 0 Å². The first-order valence-corrected chi connectivity index (χ1v) is 4.85. The predicted molar refractivity (Wildman–Crippen MR) is 54.8 cm³/mol. The Labute approximate surface area is 96.1 Å². The smallest absolute Gasteiger partial charge is 0.255 e. The lowest BCUT2D eigenvalue weighted by Gasteiger charge is -2.25. The molecule has 0 aliphatic carbocycles. The third-order valence-electron chi connectivity index (χ3n) is 2.45. The first kappa shape index (κ1) is 11.2. The number of rotatable bonds is 3. The van der Waals surface area contributed by atoms with Gasteiger partial charge in [0.2, 0.25) is 0 Å². The van der Waals surface area contributed by atoms with Crippen LogP contribution in [-0.4, -0.2) is 46.1 Å². The van der Waals surface area contributed by atoms with Crippen molar-refractivity contribution >= 4 is 23.6 Å². The van der Waals surface area contributed by atoms with Crippen LogP contribution in [0, 0.1) is 0 Å². The van der Waals surface area contributed by atoms with E-state index in [1.807, 2.05) is 0 Å². The molecule has 88 valence electrons. The Morgan fingerprint density at radius 1 is 0.882 bits per heavy atom. The average molecular weight is 235 g/mol. The molecule has 0 aromatic rings. The van der Waals surface area contributed by atoms with Crippen LogP contribution in [-0.2, 0) is 19.2 Å². The van der Waals surface area contributed by atoms with Gasteiger partial charge in [0.1, 0.15) is 6.17 Å². The summed E-state index contributed by atoms with van der Waals surface area (Å²) in [5, 5.41) is 0. The number of hydrogen-bond acceptors (Lipinski definition) is 5. The highest BCUT2D eigenvalue weighted by Crippen LogP contribution is 2.10. The highest BCUT2D eigenvalue weighted by atomic mass is 16.2. The van der Waals surface area contributed by atoms with Crippen molar-refractivity contribution in [2.45, 2.75) is 6.17 Å². The average Bonchev–Trinajstić information content (AvgIpc) is 2.75. The van der Waals surface area contributed by atoms with Gasteiger partial charge in [0.05, 0.1) is 6.54 Å². The Morgan fingerprint density at radius 2 is 1.29 bits per heavy atom. The molecule has 4 amide bonds. The highest BCUT2D eigenvalue weighted by Gasteiger charge is 2.33. The maximum Gasteiger partial charge on any atom is 0.255 e. The van der Waals surface area contributed by atoms with Gasteiger partial charge in [-0.05, 0) is 0 Å². The molecule has 2 N–H and O–H groups in total. The van der Waals surface area contributed by atoms with Gasteiger partial charge in [-0.2, -0.15) is 0 Å². The summed E-state index contributed by atoms with van der Waals surface area (Å²) in [6, 6.07) is 0. The number of amides is 4. The zero-order valence-corrected chi connectivity index (χ0v) is 8.70. The molecule has 1 atom stereocenters. The minimum absolute atomic E-state index is 0.205. The molecular formula is C10H9N3O4. The van der Waals surface area contributed by atoms with Crippen molar-refractivity contribution in [1.82, 2.24) is 9.80 Å². The van der Waals surface area contributed by atoms with Gasteiger partial charge in [-0.15, -0.1) is 0 Å². The molecule has 0 radical (unpaired) electrons. The molecule has 0 saturated carbocycles. The summed E-state index contributed by atoms with van der Waals surface area (Å²) in [6.45, 7) is -0.205. The second kappa shape index (κ2) is 3.95. The van der Waals surface area contributed by atoms with E-state index in [2.05, 4.69) is 0 Å². The fraction of sp³-hybridized carbons (Fsp3) is 0.200. The summed E-state index contributed by atoms with van der Waals surface area (Å²) in [7, 11) is 0. The minimum atomic E-state index is -1.03. The Kier molecular flexibility index (Phi) is 2.60. The molecule has 2 rings (SSSR count). The quantitative estimate of drug-likeness (QED) is 0.577. The van der Waals surface area contributed by atoms with E-state index < -0.39 is 29.8 Å². The van der Waals surface area contributed by atoms with Crippen LogP contribution in [0.4, 0.5) is 0 Å². The lowest BCUT2D eigenvalue weighted by molar-refractivity contribution is -0.144. The van der Waals surface area contributed by atoms with Gasteiger partial charge in [-0.25, -0.2) is 0 Å². The molecular weight excluding hydrogens is 226 g/mol. The lowest BCUT2D eigenvalue weighted by atomic mass is 10.3. The fourth-order valence-electron chi connectivity index (χ4n) is 1.62. The molecule has 0 bridgehead atoms. The van der Waals surface area contributed by atoms with E-state index in [0.717, 1.165) is 34.1 Å². The number of hydrogen-bond donors (Lipinski definition) is 1. The Balaban J connectivity index is 2.05. The van der Waals surface area contributed by atoms with Crippen LogP contribution in [0.25, 0.3) is 0 Å². The van der Waals surface area contributed by atoms with Crippen molar-refractivity contribution in [2.24, 2.45) is 5.73 Å². The summed E-state index contributed by atoms with van der Waals surface area (Å²) >= 11 is 0. The van der Waals surface area contributed by atoms with Crippen molar-refractivity contribution in [3.8, 4) is 0 Å². The summed E-state index contributed by atoms with van der Waals surface area (Å²) in [5.74, 6) is -2.10. The molecule has 7 heteroatoms. The van der Waals surface area contributed by atoms with E-state index in [4.69, 9.17) is 5.73 Å². The van der Waals surface area contributed by atoms with Gasteiger partial charge in [0.25, 0.3) is 23.6 Å². The molecule has 2 aliphatic heterocycles. The molecule has 2 aliphatic rings. The monoisotopic (exact) mass is 235 g/mol. The van der Waals surface area contributed by atoms with Crippen molar-refractivity contribution in [3.63, 3.8) is 0 Å². The molecule has 0 saturated heterocycles. The Hall–Kier alpha value is -2.28. The second-order valence-electron chi connectivity index (χ2n) is 3.57. The summed E-state index contributed by atoms with van der Waals surface area (Å²) in [6.07, 6.45) is 3.38. The topological polar surface area (TPSA) is 101 Å². The van der Waals surface area contributed by atoms with E-state index in [1.54, 1.807) is 0 Å². The number of nitrogens with two attached hydrogens (primary N) is 1. The molecule has 17 heavy (non-hydrogen) atoms. The standard InChI is InChI=1S/C10H9N3O4/c11-6(13-9(16)3-4-10(13)17)5-12-7(14)1-2-8(12)15/h1-4,6H,5,11H2. The van der Waals surface area contributed by atoms with Crippen LogP contribution in [0.15, 0.2) is 24.3 Å². The van der Waals surface area contributed by atoms with Crippen LogP contribution in [0.5, 0.6) is 0 Å². The van der Waals surface area contributed by atoms with E-state index >= 15 is 0 Å².